The third kappa shape index (κ3) is 11.5. The molecule has 10 N–H and O–H groups in total. The fourth-order valence-electron chi connectivity index (χ4n) is 0.325. The molecule has 1 heterocycles. The second-order valence-electron chi connectivity index (χ2n) is 1.12. The first kappa shape index (κ1) is 30.9. The lowest BCUT2D eigenvalue weighted by Crippen LogP contribution is -1.90. The fourth-order valence-corrected chi connectivity index (χ4v) is 0.325. The molecule has 0 saturated carbocycles. The number of hydrogen-bond donors (Lipinski definition) is 0. The van der Waals surface area contributed by atoms with Crippen molar-refractivity contribution in [3.8, 4) is 0 Å². The summed E-state index contributed by atoms with van der Waals surface area (Å²) in [6.07, 6.45) is 1.35. The van der Waals surface area contributed by atoms with Gasteiger partial charge < -0.3 is 31.8 Å². The van der Waals surface area contributed by atoms with Crippen LogP contribution in [0.4, 0.5) is 0 Å². The molecule has 0 spiro atoms. The van der Waals surface area contributed by atoms with Crippen LogP contribution in [0.5, 0.6) is 0 Å². The molecule has 0 bridgehead atoms. The Hall–Kier alpha value is -1.25. The van der Waals surface area contributed by atoms with Gasteiger partial charge in [-0.15, -0.1) is 0 Å². The van der Waals surface area contributed by atoms with Gasteiger partial charge in [-0.1, -0.05) is 6.07 Å². The van der Waals surface area contributed by atoms with Gasteiger partial charge in [-0.25, -0.2) is 4.79 Å². The molecule has 0 fully saturated rings. The molecule has 0 saturated heterocycles. The normalized spacial score (nSPS) is 5.00. The Balaban J connectivity index is -0.0000000327. The van der Waals surface area contributed by atoms with Crippen molar-refractivity contribution in [2.45, 2.75) is 0 Å². The molecule has 0 atom stereocenters. The number of rotatable bonds is 0. The second kappa shape index (κ2) is 16.4. The summed E-state index contributed by atoms with van der Waals surface area (Å²) in [5.41, 5.74) is -0.303. The minimum absolute atomic E-state index is 0. The molecule has 76 valence electrons. The zero-order valence-electron chi connectivity index (χ0n) is 6.13. The molecular weight excluding hydrogens is 172 g/mol. The third-order valence-electron chi connectivity index (χ3n) is 0.606. The van der Waals surface area contributed by atoms with E-state index in [-0.39, 0.29) is 33.0 Å². The number of hydrogen-bond acceptors (Lipinski definition) is 2. The van der Waals surface area contributed by atoms with Crippen LogP contribution in [0.2, 0.25) is 0 Å². The summed E-state index contributed by atoms with van der Waals surface area (Å²) in [7, 11) is 0. The van der Waals surface area contributed by atoms with Crippen molar-refractivity contribution in [1.82, 2.24) is 0 Å². The topological polar surface area (TPSA) is 188 Å². The smallest absolute Gasteiger partial charge is 0.335 e. The van der Waals surface area contributed by atoms with Crippen LogP contribution in [0.1, 0.15) is 0 Å². The van der Waals surface area contributed by atoms with Gasteiger partial charge >= 0.3 is 5.63 Å². The van der Waals surface area contributed by atoms with Gasteiger partial charge in [-0.2, -0.15) is 0 Å². The molecule has 1 rings (SSSR count). The molecule has 1 aromatic heterocycles. The van der Waals surface area contributed by atoms with E-state index in [4.69, 9.17) is 0 Å². The lowest BCUT2D eigenvalue weighted by atomic mass is 10.5. The zero-order chi connectivity index (χ0) is 5.11. The van der Waals surface area contributed by atoms with Crippen LogP contribution in [-0.4, -0.2) is 27.4 Å². The van der Waals surface area contributed by atoms with Crippen molar-refractivity contribution in [3.63, 3.8) is 0 Å². The van der Waals surface area contributed by atoms with E-state index in [1.807, 2.05) is 0 Å². The van der Waals surface area contributed by atoms with E-state index in [1.165, 1.54) is 12.3 Å². The van der Waals surface area contributed by atoms with Gasteiger partial charge in [0, 0.05) is 6.07 Å². The van der Waals surface area contributed by atoms with E-state index in [2.05, 4.69) is 4.42 Å². The van der Waals surface area contributed by atoms with Crippen molar-refractivity contribution < 1.29 is 31.8 Å². The fraction of sp³-hybridized carbons (Fsp3) is 0. The molecule has 0 radical (unpaired) electrons. The highest BCUT2D eigenvalue weighted by molar-refractivity contribution is 4.85. The Morgan fingerprint density at radius 2 is 1.42 bits per heavy atom. The summed E-state index contributed by atoms with van der Waals surface area (Å²) in [4.78, 5) is 10.1. The van der Waals surface area contributed by atoms with Crippen molar-refractivity contribution in [3.05, 3.63) is 34.9 Å². The van der Waals surface area contributed by atoms with Gasteiger partial charge in [-0.3, -0.25) is 0 Å². The molecule has 7 nitrogen and oxygen atoms in total. The average Bonchev–Trinajstić information content (AvgIpc) is 1.69. The predicted molar refractivity (Wildman–Crippen MR) is 43.0 cm³/mol. The molecule has 0 aliphatic rings. The summed E-state index contributed by atoms with van der Waals surface area (Å²) < 4.78 is 4.37. The third-order valence-corrected chi connectivity index (χ3v) is 0.606. The highest BCUT2D eigenvalue weighted by Crippen LogP contribution is 1.72. The lowest BCUT2D eigenvalue weighted by molar-refractivity contribution is 0.511. The van der Waals surface area contributed by atoms with Crippen LogP contribution in [0.3, 0.4) is 0 Å². The summed E-state index contributed by atoms with van der Waals surface area (Å²) in [6, 6.07) is 4.65. The molecule has 12 heavy (non-hydrogen) atoms. The Labute approximate surface area is 67.8 Å². The minimum atomic E-state index is -0.303. The maximum absolute atomic E-state index is 10.1. The maximum atomic E-state index is 10.1. The van der Waals surface area contributed by atoms with Crippen LogP contribution in [0.15, 0.2) is 33.7 Å². The van der Waals surface area contributed by atoms with Crippen molar-refractivity contribution in [2.24, 2.45) is 0 Å². The molecule has 0 aliphatic carbocycles. The first-order valence-electron chi connectivity index (χ1n) is 1.93. The Morgan fingerprint density at radius 3 is 1.58 bits per heavy atom. The maximum Gasteiger partial charge on any atom is 0.335 e. The van der Waals surface area contributed by atoms with Gasteiger partial charge in [-0.05, 0) is 6.07 Å². The second-order valence-corrected chi connectivity index (χ2v) is 1.12. The largest absolute Gasteiger partial charge is 0.431 e. The summed E-state index contributed by atoms with van der Waals surface area (Å²) in [5, 5.41) is 0. The van der Waals surface area contributed by atoms with E-state index in [0.717, 1.165) is 0 Å². The van der Waals surface area contributed by atoms with Crippen LogP contribution < -0.4 is 5.63 Å². The first-order chi connectivity index (χ1) is 3.39. The summed E-state index contributed by atoms with van der Waals surface area (Å²) in [6.45, 7) is 0. The highest BCUT2D eigenvalue weighted by atomic mass is 16.4. The van der Waals surface area contributed by atoms with Crippen LogP contribution in [0.25, 0.3) is 0 Å². The van der Waals surface area contributed by atoms with Crippen LogP contribution in [-0.2, 0) is 0 Å². The quantitative estimate of drug-likeness (QED) is 0.407. The van der Waals surface area contributed by atoms with Gasteiger partial charge in [0.15, 0.2) is 0 Å². The molecule has 0 unspecified atom stereocenters. The van der Waals surface area contributed by atoms with Crippen molar-refractivity contribution in [2.75, 3.05) is 0 Å². The van der Waals surface area contributed by atoms with Gasteiger partial charge in [0.2, 0.25) is 0 Å². The van der Waals surface area contributed by atoms with Crippen molar-refractivity contribution >= 4 is 0 Å². The lowest BCUT2D eigenvalue weighted by Gasteiger charge is -1.72. The molecular formula is C5H14O7. The van der Waals surface area contributed by atoms with E-state index in [1.54, 1.807) is 12.1 Å². The van der Waals surface area contributed by atoms with Crippen LogP contribution in [0, 0.1) is 0 Å². The minimum Gasteiger partial charge on any atom is -0.431 e. The predicted octanol–water partition coefficient (Wildman–Crippen LogP) is -3.48. The Morgan fingerprint density at radius 1 is 0.917 bits per heavy atom. The highest BCUT2D eigenvalue weighted by Gasteiger charge is 1.72. The van der Waals surface area contributed by atoms with Gasteiger partial charge in [0.1, 0.15) is 0 Å². The molecule has 0 aromatic carbocycles. The standard InChI is InChI=1S/C5H4O2.5H2O/c6-5-3-1-2-4-7-5;;;;;/h1-4H;5*1H2. The van der Waals surface area contributed by atoms with E-state index in [0.29, 0.717) is 0 Å². The average molecular weight is 186 g/mol. The van der Waals surface area contributed by atoms with Gasteiger partial charge in [0.25, 0.3) is 0 Å². The van der Waals surface area contributed by atoms with Crippen LogP contribution >= 0.6 is 0 Å². The monoisotopic (exact) mass is 186 g/mol. The van der Waals surface area contributed by atoms with E-state index in [9.17, 15) is 4.79 Å². The molecule has 7 heteroatoms. The summed E-state index contributed by atoms with van der Waals surface area (Å²) in [5.74, 6) is 0. The Kier molecular flexibility index (Phi) is 42.2. The van der Waals surface area contributed by atoms with E-state index >= 15 is 0 Å². The SMILES string of the molecule is O.O.O.O.O.O=c1cccco1. The van der Waals surface area contributed by atoms with Gasteiger partial charge in [0.05, 0.1) is 6.26 Å². The molecule has 1 aromatic rings. The molecule has 0 aliphatic heterocycles. The molecule has 0 amide bonds. The summed E-state index contributed by atoms with van der Waals surface area (Å²) >= 11 is 0. The Bertz CT molecular complexity index is 177. The zero-order valence-corrected chi connectivity index (χ0v) is 6.13. The van der Waals surface area contributed by atoms with Crippen molar-refractivity contribution in [1.29, 1.82) is 0 Å². The first-order valence-corrected chi connectivity index (χ1v) is 1.93. The van der Waals surface area contributed by atoms with E-state index < -0.39 is 0 Å².